The maximum Gasteiger partial charge on any atom is 0.0536 e. The quantitative estimate of drug-likeness (QED) is 0.556. The normalized spacial score (nSPS) is 20.8. The predicted octanol–water partition coefficient (Wildman–Crippen LogP) is 7.23. The van der Waals surface area contributed by atoms with Gasteiger partial charge in [0.1, 0.15) is 0 Å². The Morgan fingerprint density at radius 3 is 2.68 bits per heavy atom. The first-order valence-corrected chi connectivity index (χ1v) is 10.2. The van der Waals surface area contributed by atoms with E-state index in [4.69, 9.17) is 0 Å². The lowest BCUT2D eigenvalue weighted by molar-refractivity contribution is 0.754. The van der Waals surface area contributed by atoms with Crippen molar-refractivity contribution < 1.29 is 0 Å². The number of anilines is 1. The van der Waals surface area contributed by atoms with Crippen molar-refractivity contribution >= 4 is 16.5 Å². The molecule has 1 atom stereocenters. The molecular formula is C27H25N. The molecule has 2 aromatic rings. The highest BCUT2D eigenvalue weighted by Gasteiger charge is 2.25. The van der Waals surface area contributed by atoms with E-state index in [-0.39, 0.29) is 0 Å². The van der Waals surface area contributed by atoms with Crippen LogP contribution in [0.3, 0.4) is 0 Å². The molecule has 0 amide bonds. The summed E-state index contributed by atoms with van der Waals surface area (Å²) in [6.45, 7) is 2.22. The van der Waals surface area contributed by atoms with Gasteiger partial charge in [0.2, 0.25) is 0 Å². The average Bonchev–Trinajstić information content (AvgIpc) is 2.75. The molecule has 3 aliphatic carbocycles. The van der Waals surface area contributed by atoms with Crippen molar-refractivity contribution in [1.82, 2.24) is 0 Å². The fourth-order valence-corrected chi connectivity index (χ4v) is 4.45. The molecule has 0 spiro atoms. The molecule has 2 aromatic carbocycles. The molecule has 0 bridgehead atoms. The molecule has 0 aromatic heterocycles. The van der Waals surface area contributed by atoms with Gasteiger partial charge in [-0.1, -0.05) is 78.4 Å². The van der Waals surface area contributed by atoms with E-state index in [0.29, 0.717) is 5.92 Å². The van der Waals surface area contributed by atoms with E-state index >= 15 is 0 Å². The first kappa shape index (κ1) is 17.1. The zero-order valence-electron chi connectivity index (χ0n) is 16.3. The van der Waals surface area contributed by atoms with Crippen LogP contribution in [0.25, 0.3) is 10.8 Å². The Morgan fingerprint density at radius 1 is 0.893 bits per heavy atom. The van der Waals surface area contributed by atoms with Crippen molar-refractivity contribution in [2.45, 2.75) is 26.2 Å². The van der Waals surface area contributed by atoms with Crippen LogP contribution in [0.5, 0.6) is 0 Å². The fraction of sp³-hybridized carbons (Fsp3) is 0.185. The lowest BCUT2D eigenvalue weighted by Gasteiger charge is -2.35. The number of nitrogens with zero attached hydrogens (tertiary/aromatic N) is 1. The molecule has 3 aliphatic rings. The molecule has 0 heterocycles. The third-order valence-electron chi connectivity index (χ3n) is 5.96. The van der Waals surface area contributed by atoms with Crippen LogP contribution in [0, 0.1) is 5.92 Å². The van der Waals surface area contributed by atoms with Gasteiger partial charge in [-0.3, -0.25) is 0 Å². The molecule has 0 fully saturated rings. The average molecular weight is 364 g/mol. The highest BCUT2D eigenvalue weighted by molar-refractivity contribution is 5.96. The molecule has 28 heavy (non-hydrogen) atoms. The van der Waals surface area contributed by atoms with E-state index in [1.807, 2.05) is 0 Å². The highest BCUT2D eigenvalue weighted by atomic mass is 15.2. The molecule has 5 rings (SSSR count). The van der Waals surface area contributed by atoms with Crippen LogP contribution >= 0.6 is 0 Å². The highest BCUT2D eigenvalue weighted by Crippen LogP contribution is 2.40. The summed E-state index contributed by atoms with van der Waals surface area (Å²) in [4.78, 5) is 2.51. The summed E-state index contributed by atoms with van der Waals surface area (Å²) in [7, 11) is 0. The summed E-state index contributed by atoms with van der Waals surface area (Å²) in [5.74, 6) is 0.476. The van der Waals surface area contributed by atoms with E-state index in [1.165, 1.54) is 39.0 Å². The van der Waals surface area contributed by atoms with Crippen molar-refractivity contribution in [1.29, 1.82) is 0 Å². The monoisotopic (exact) mass is 363 g/mol. The molecule has 0 radical (unpaired) electrons. The van der Waals surface area contributed by atoms with Crippen LogP contribution < -0.4 is 4.90 Å². The van der Waals surface area contributed by atoms with Crippen LogP contribution in [0.1, 0.15) is 26.2 Å². The van der Waals surface area contributed by atoms with Crippen LogP contribution in [0.2, 0.25) is 0 Å². The molecular weight excluding hydrogens is 338 g/mol. The van der Waals surface area contributed by atoms with E-state index in [2.05, 4.69) is 103 Å². The maximum atomic E-state index is 2.51. The van der Waals surface area contributed by atoms with Crippen molar-refractivity contribution in [2.24, 2.45) is 5.92 Å². The first-order valence-electron chi connectivity index (χ1n) is 10.2. The number of hydrogen-bond acceptors (Lipinski definition) is 1. The van der Waals surface area contributed by atoms with Crippen molar-refractivity contribution in [3.63, 3.8) is 0 Å². The number of hydrogen-bond donors (Lipinski definition) is 0. The van der Waals surface area contributed by atoms with Gasteiger partial charge in [-0.25, -0.2) is 0 Å². The Hall–Kier alpha value is -3.06. The SMILES string of the molecule is CC1=CC=C(N(C2=C3C=CC=CC3CC=C2)c2cccc3ccccc23)CC1. The van der Waals surface area contributed by atoms with Crippen molar-refractivity contribution in [3.8, 4) is 0 Å². The summed E-state index contributed by atoms with van der Waals surface area (Å²) in [6.07, 6.45) is 21.5. The molecule has 0 N–H and O–H groups in total. The van der Waals surface area contributed by atoms with E-state index in [9.17, 15) is 0 Å². The number of rotatable bonds is 3. The molecule has 0 saturated heterocycles. The summed E-state index contributed by atoms with van der Waals surface area (Å²) in [5, 5.41) is 2.59. The third kappa shape index (κ3) is 2.97. The first-order chi connectivity index (χ1) is 13.8. The largest absolute Gasteiger partial charge is 0.313 e. The topological polar surface area (TPSA) is 3.24 Å². The number of benzene rings is 2. The Kier molecular flexibility index (Phi) is 4.37. The Bertz CT molecular complexity index is 1100. The number of allylic oxidation sites excluding steroid dienone is 11. The Morgan fingerprint density at radius 2 is 1.79 bits per heavy atom. The van der Waals surface area contributed by atoms with Crippen molar-refractivity contribution in [3.05, 3.63) is 114 Å². The molecule has 1 heteroatoms. The smallest absolute Gasteiger partial charge is 0.0536 e. The molecule has 138 valence electrons. The molecule has 1 nitrogen and oxygen atoms in total. The molecule has 1 unspecified atom stereocenters. The van der Waals surface area contributed by atoms with Gasteiger partial charge in [0.15, 0.2) is 0 Å². The second-order valence-electron chi connectivity index (χ2n) is 7.83. The summed E-state index contributed by atoms with van der Waals surface area (Å²) >= 11 is 0. The minimum absolute atomic E-state index is 0.476. The van der Waals surface area contributed by atoms with Gasteiger partial charge in [-0.15, -0.1) is 0 Å². The van der Waals surface area contributed by atoms with Gasteiger partial charge >= 0.3 is 0 Å². The Labute approximate surface area is 167 Å². The number of fused-ring (bicyclic) bond motifs is 2. The second-order valence-corrected chi connectivity index (χ2v) is 7.83. The van der Waals surface area contributed by atoms with Gasteiger partial charge in [-0.05, 0) is 55.4 Å². The second kappa shape index (κ2) is 7.16. The summed E-state index contributed by atoms with van der Waals surface area (Å²) < 4.78 is 0. The van der Waals surface area contributed by atoms with Crippen LogP contribution in [0.15, 0.2) is 114 Å². The predicted molar refractivity (Wildman–Crippen MR) is 120 cm³/mol. The zero-order chi connectivity index (χ0) is 18.9. The van der Waals surface area contributed by atoms with Gasteiger partial charge in [0, 0.05) is 22.7 Å². The minimum Gasteiger partial charge on any atom is -0.313 e. The minimum atomic E-state index is 0.476. The Balaban J connectivity index is 1.75. The van der Waals surface area contributed by atoms with Gasteiger partial charge in [0.25, 0.3) is 0 Å². The maximum absolute atomic E-state index is 2.51. The van der Waals surface area contributed by atoms with Crippen molar-refractivity contribution in [2.75, 3.05) is 4.90 Å². The van der Waals surface area contributed by atoms with E-state index < -0.39 is 0 Å². The van der Waals surface area contributed by atoms with Gasteiger partial charge < -0.3 is 4.90 Å². The lowest BCUT2D eigenvalue weighted by Crippen LogP contribution is -2.26. The third-order valence-corrected chi connectivity index (χ3v) is 5.96. The summed E-state index contributed by atoms with van der Waals surface area (Å²) in [5.41, 5.74) is 6.83. The zero-order valence-corrected chi connectivity index (χ0v) is 16.3. The van der Waals surface area contributed by atoms with Crippen LogP contribution in [0.4, 0.5) is 5.69 Å². The van der Waals surface area contributed by atoms with E-state index in [1.54, 1.807) is 0 Å². The van der Waals surface area contributed by atoms with E-state index in [0.717, 1.165) is 19.3 Å². The van der Waals surface area contributed by atoms with Gasteiger partial charge in [0.05, 0.1) is 5.69 Å². The van der Waals surface area contributed by atoms with Crippen LogP contribution in [-0.2, 0) is 0 Å². The fourth-order valence-electron chi connectivity index (χ4n) is 4.45. The molecule has 0 aliphatic heterocycles. The molecule has 0 saturated carbocycles. The standard InChI is InChI=1S/C27H25N/c1-20-16-18-23(19-17-20)28(26-14-6-10-21-8-2-4-12-24(21)26)27-15-7-11-22-9-3-5-13-25(22)27/h2-10,12-16,18,22H,11,17,19H2,1H3. The summed E-state index contributed by atoms with van der Waals surface area (Å²) in [6, 6.07) is 15.4. The lowest BCUT2D eigenvalue weighted by atomic mass is 9.85. The van der Waals surface area contributed by atoms with Crippen LogP contribution in [-0.4, -0.2) is 0 Å². The van der Waals surface area contributed by atoms with Gasteiger partial charge in [-0.2, -0.15) is 0 Å².